The number of hydrogen-bond donors (Lipinski definition) is 1. The van der Waals surface area contributed by atoms with Crippen molar-refractivity contribution in [3.8, 4) is 0 Å². The molecule has 0 spiro atoms. The van der Waals surface area contributed by atoms with Gasteiger partial charge in [-0.3, -0.25) is 0 Å². The maximum absolute atomic E-state index is 3.90. The van der Waals surface area contributed by atoms with Crippen LogP contribution in [0.15, 0.2) is 0 Å². The van der Waals surface area contributed by atoms with E-state index < -0.39 is 0 Å². The summed E-state index contributed by atoms with van der Waals surface area (Å²) in [6.45, 7) is 3.59. The standard InChI is InChI=1S/C16H31NS/c1-3-6-14-7-4-8-15(10-9-14)17-13-16(18-2)11-5-12-16/h14-15,17H,3-13H2,1-2H3. The Hall–Kier alpha value is 0.310. The van der Waals surface area contributed by atoms with Gasteiger partial charge in [0.15, 0.2) is 0 Å². The third kappa shape index (κ3) is 3.90. The summed E-state index contributed by atoms with van der Waals surface area (Å²) in [5.74, 6) is 1.03. The van der Waals surface area contributed by atoms with Crippen LogP contribution >= 0.6 is 11.8 Å². The molecule has 0 aromatic rings. The topological polar surface area (TPSA) is 12.0 Å². The fourth-order valence-corrected chi connectivity index (χ4v) is 4.56. The van der Waals surface area contributed by atoms with Gasteiger partial charge in [0.05, 0.1) is 0 Å². The van der Waals surface area contributed by atoms with Crippen LogP contribution in [0.4, 0.5) is 0 Å². The zero-order valence-electron chi connectivity index (χ0n) is 12.3. The Balaban J connectivity index is 1.70. The summed E-state index contributed by atoms with van der Waals surface area (Å²) in [4.78, 5) is 0. The van der Waals surface area contributed by atoms with Crippen molar-refractivity contribution in [3.05, 3.63) is 0 Å². The average Bonchev–Trinajstić information content (AvgIpc) is 2.55. The molecule has 2 unspecified atom stereocenters. The molecule has 2 aliphatic carbocycles. The van der Waals surface area contributed by atoms with Crippen molar-refractivity contribution in [2.45, 2.75) is 81.9 Å². The molecular formula is C16H31NS. The highest BCUT2D eigenvalue weighted by atomic mass is 32.2. The van der Waals surface area contributed by atoms with Crippen LogP contribution in [-0.2, 0) is 0 Å². The van der Waals surface area contributed by atoms with Gasteiger partial charge in [-0.1, -0.05) is 39.0 Å². The quantitative estimate of drug-likeness (QED) is 0.707. The van der Waals surface area contributed by atoms with Crippen molar-refractivity contribution in [1.29, 1.82) is 0 Å². The number of hydrogen-bond acceptors (Lipinski definition) is 2. The summed E-state index contributed by atoms with van der Waals surface area (Å²) in [6, 6.07) is 0.816. The smallest absolute Gasteiger partial charge is 0.0281 e. The SMILES string of the molecule is CCCC1CCCC(NCC2(SC)CCC2)CC1. The number of rotatable bonds is 6. The van der Waals surface area contributed by atoms with E-state index in [0.717, 1.165) is 12.0 Å². The first-order chi connectivity index (χ1) is 8.78. The summed E-state index contributed by atoms with van der Waals surface area (Å²) in [6.07, 6.45) is 16.7. The maximum atomic E-state index is 3.90. The Kier molecular flexibility index (Phi) is 5.88. The van der Waals surface area contributed by atoms with Crippen LogP contribution in [-0.4, -0.2) is 23.6 Å². The molecule has 1 nitrogen and oxygen atoms in total. The zero-order valence-corrected chi connectivity index (χ0v) is 13.2. The van der Waals surface area contributed by atoms with E-state index in [9.17, 15) is 0 Å². The number of thioether (sulfide) groups is 1. The van der Waals surface area contributed by atoms with Gasteiger partial charge in [0.1, 0.15) is 0 Å². The molecule has 2 rings (SSSR count). The molecule has 2 atom stereocenters. The van der Waals surface area contributed by atoms with Crippen LogP contribution in [0.1, 0.15) is 71.1 Å². The monoisotopic (exact) mass is 269 g/mol. The van der Waals surface area contributed by atoms with Gasteiger partial charge in [-0.25, -0.2) is 0 Å². The highest BCUT2D eigenvalue weighted by Crippen LogP contribution is 2.42. The first-order valence-electron chi connectivity index (χ1n) is 8.06. The lowest BCUT2D eigenvalue weighted by Crippen LogP contribution is -2.46. The average molecular weight is 269 g/mol. The van der Waals surface area contributed by atoms with E-state index in [2.05, 4.69) is 30.3 Å². The molecule has 1 N–H and O–H groups in total. The molecule has 2 heteroatoms. The second kappa shape index (κ2) is 7.19. The summed E-state index contributed by atoms with van der Waals surface area (Å²) < 4.78 is 0.606. The van der Waals surface area contributed by atoms with Gasteiger partial charge in [0.2, 0.25) is 0 Å². The summed E-state index contributed by atoms with van der Waals surface area (Å²) in [5, 5.41) is 3.90. The fraction of sp³-hybridized carbons (Fsp3) is 1.00. The lowest BCUT2D eigenvalue weighted by molar-refractivity contribution is 0.319. The van der Waals surface area contributed by atoms with Gasteiger partial charge in [-0.2, -0.15) is 11.8 Å². The summed E-state index contributed by atoms with van der Waals surface area (Å²) >= 11 is 2.10. The molecule has 0 heterocycles. The lowest BCUT2D eigenvalue weighted by Gasteiger charge is -2.41. The molecule has 18 heavy (non-hydrogen) atoms. The van der Waals surface area contributed by atoms with Gasteiger partial charge in [0.25, 0.3) is 0 Å². The van der Waals surface area contributed by atoms with E-state index in [1.807, 2.05) is 0 Å². The van der Waals surface area contributed by atoms with Gasteiger partial charge in [0, 0.05) is 17.3 Å². The lowest BCUT2D eigenvalue weighted by atomic mass is 9.84. The van der Waals surface area contributed by atoms with Crippen molar-refractivity contribution in [1.82, 2.24) is 5.32 Å². The Morgan fingerprint density at radius 2 is 1.94 bits per heavy atom. The first kappa shape index (κ1) is 14.7. The summed E-state index contributed by atoms with van der Waals surface area (Å²) in [7, 11) is 0. The van der Waals surface area contributed by atoms with Crippen LogP contribution < -0.4 is 5.32 Å². The van der Waals surface area contributed by atoms with E-state index in [1.165, 1.54) is 70.8 Å². The first-order valence-corrected chi connectivity index (χ1v) is 9.29. The van der Waals surface area contributed by atoms with Crippen LogP contribution in [0.3, 0.4) is 0 Å². The highest BCUT2D eigenvalue weighted by Gasteiger charge is 2.36. The minimum Gasteiger partial charge on any atom is -0.313 e. The minimum atomic E-state index is 0.606. The molecule has 0 aromatic heterocycles. The molecule has 2 fully saturated rings. The highest BCUT2D eigenvalue weighted by molar-refractivity contribution is 8.00. The Morgan fingerprint density at radius 3 is 2.56 bits per heavy atom. The Bertz CT molecular complexity index is 232. The van der Waals surface area contributed by atoms with Crippen molar-refractivity contribution in [2.24, 2.45) is 5.92 Å². The Morgan fingerprint density at radius 1 is 1.11 bits per heavy atom. The molecule has 106 valence electrons. The molecule has 0 aliphatic heterocycles. The molecule has 2 aliphatic rings. The van der Waals surface area contributed by atoms with Crippen LogP contribution in [0.25, 0.3) is 0 Å². The van der Waals surface area contributed by atoms with Crippen molar-refractivity contribution in [3.63, 3.8) is 0 Å². The largest absolute Gasteiger partial charge is 0.313 e. The van der Waals surface area contributed by atoms with Crippen LogP contribution in [0.2, 0.25) is 0 Å². The van der Waals surface area contributed by atoms with Crippen molar-refractivity contribution < 1.29 is 0 Å². The normalized spacial score (nSPS) is 31.7. The van der Waals surface area contributed by atoms with Crippen molar-refractivity contribution in [2.75, 3.05) is 12.8 Å². The van der Waals surface area contributed by atoms with Crippen LogP contribution in [0, 0.1) is 5.92 Å². The zero-order chi connectivity index (χ0) is 12.8. The van der Waals surface area contributed by atoms with E-state index in [0.29, 0.717) is 4.75 Å². The fourth-order valence-electron chi connectivity index (χ4n) is 3.63. The van der Waals surface area contributed by atoms with E-state index in [1.54, 1.807) is 0 Å². The minimum absolute atomic E-state index is 0.606. The molecule has 0 radical (unpaired) electrons. The van der Waals surface area contributed by atoms with E-state index in [-0.39, 0.29) is 0 Å². The maximum Gasteiger partial charge on any atom is 0.0281 e. The molecule has 0 aromatic carbocycles. The van der Waals surface area contributed by atoms with Gasteiger partial charge >= 0.3 is 0 Å². The number of nitrogens with one attached hydrogen (secondary N) is 1. The van der Waals surface area contributed by atoms with Gasteiger partial charge in [-0.05, 0) is 44.3 Å². The summed E-state index contributed by atoms with van der Waals surface area (Å²) in [5.41, 5.74) is 0. The molecule has 2 saturated carbocycles. The third-order valence-corrected chi connectivity index (χ3v) is 6.61. The van der Waals surface area contributed by atoms with Crippen molar-refractivity contribution >= 4 is 11.8 Å². The predicted octanol–water partition coefficient (Wildman–Crippen LogP) is 4.61. The molecule has 0 bridgehead atoms. The molecule has 0 amide bonds. The van der Waals surface area contributed by atoms with Crippen LogP contribution in [0.5, 0.6) is 0 Å². The second-order valence-electron chi connectivity index (χ2n) is 6.48. The molecule has 0 saturated heterocycles. The Labute approximate surface area is 118 Å². The van der Waals surface area contributed by atoms with Gasteiger partial charge < -0.3 is 5.32 Å². The second-order valence-corrected chi connectivity index (χ2v) is 7.76. The van der Waals surface area contributed by atoms with Gasteiger partial charge in [-0.15, -0.1) is 0 Å². The third-order valence-electron chi connectivity index (χ3n) is 5.20. The van der Waals surface area contributed by atoms with E-state index >= 15 is 0 Å². The van der Waals surface area contributed by atoms with E-state index in [4.69, 9.17) is 0 Å². The predicted molar refractivity (Wildman–Crippen MR) is 83.4 cm³/mol. The molecular weight excluding hydrogens is 238 g/mol.